The fourth-order valence-corrected chi connectivity index (χ4v) is 2.64. The third-order valence-electron chi connectivity index (χ3n) is 3.99. The molecule has 4 rings (SSSR count). The van der Waals surface area contributed by atoms with E-state index in [2.05, 4.69) is 15.2 Å². The predicted molar refractivity (Wildman–Crippen MR) is 99.5 cm³/mol. The van der Waals surface area contributed by atoms with Gasteiger partial charge in [0.05, 0.1) is 12.0 Å². The van der Waals surface area contributed by atoms with Crippen LogP contribution in [0.3, 0.4) is 0 Å². The molecular formula is C19H17N5O2. The maximum absolute atomic E-state index is 10.1. The Morgan fingerprint density at radius 3 is 2.54 bits per heavy atom. The molecule has 7 nitrogen and oxygen atoms in total. The molecule has 0 amide bonds. The Hall–Kier alpha value is -3.61. The Bertz CT molecular complexity index is 1060. The van der Waals surface area contributed by atoms with Gasteiger partial charge < -0.3 is 14.4 Å². The third kappa shape index (κ3) is 2.79. The largest absolute Gasteiger partial charge is 0.504 e. The monoisotopic (exact) mass is 347 g/mol. The second kappa shape index (κ2) is 6.36. The zero-order valence-electron chi connectivity index (χ0n) is 14.4. The summed E-state index contributed by atoms with van der Waals surface area (Å²) in [7, 11) is 3.97. The van der Waals surface area contributed by atoms with Gasteiger partial charge in [-0.2, -0.15) is 0 Å². The van der Waals surface area contributed by atoms with E-state index in [4.69, 9.17) is 4.42 Å². The van der Waals surface area contributed by atoms with E-state index in [9.17, 15) is 5.11 Å². The van der Waals surface area contributed by atoms with Gasteiger partial charge in [-0.15, -0.1) is 10.2 Å². The van der Waals surface area contributed by atoms with Crippen LogP contribution in [0.25, 0.3) is 17.1 Å². The minimum absolute atomic E-state index is 0.0668. The van der Waals surface area contributed by atoms with E-state index >= 15 is 0 Å². The highest BCUT2D eigenvalue weighted by atomic mass is 16.3. The highest BCUT2D eigenvalue weighted by Gasteiger charge is 2.18. The molecule has 0 aliphatic rings. The minimum atomic E-state index is 0.0668. The first kappa shape index (κ1) is 15.9. The first-order chi connectivity index (χ1) is 12.6. The van der Waals surface area contributed by atoms with Gasteiger partial charge in [-0.25, -0.2) is 4.98 Å². The molecular weight excluding hydrogens is 330 g/mol. The Kier molecular flexibility index (Phi) is 3.89. The summed E-state index contributed by atoms with van der Waals surface area (Å²) in [6.07, 6.45) is 3.35. The average molecular weight is 347 g/mol. The van der Waals surface area contributed by atoms with Crippen molar-refractivity contribution in [3.05, 3.63) is 61.0 Å². The number of benzene rings is 1. The van der Waals surface area contributed by atoms with Gasteiger partial charge in [0.2, 0.25) is 0 Å². The number of nitrogens with zero attached hydrogens (tertiary/aromatic N) is 5. The van der Waals surface area contributed by atoms with Gasteiger partial charge in [0.1, 0.15) is 0 Å². The van der Waals surface area contributed by atoms with Crippen molar-refractivity contribution in [2.45, 2.75) is 0 Å². The number of furan rings is 1. The number of hydrogen-bond acceptors (Lipinski definition) is 6. The molecule has 0 aliphatic carbocycles. The van der Waals surface area contributed by atoms with Crippen LogP contribution in [0.15, 0.2) is 75.6 Å². The first-order valence-electron chi connectivity index (χ1n) is 8.06. The van der Waals surface area contributed by atoms with Crippen molar-refractivity contribution in [2.75, 3.05) is 19.0 Å². The summed E-state index contributed by atoms with van der Waals surface area (Å²) >= 11 is 0. The second-order valence-corrected chi connectivity index (χ2v) is 5.96. The van der Waals surface area contributed by atoms with Crippen LogP contribution in [0.5, 0.6) is 5.75 Å². The maximum Gasteiger partial charge on any atom is 0.190 e. The molecule has 4 aromatic rings. The van der Waals surface area contributed by atoms with Gasteiger partial charge in [-0.05, 0) is 48.5 Å². The molecule has 0 bridgehead atoms. The summed E-state index contributed by atoms with van der Waals surface area (Å²) in [5.41, 5.74) is 2.72. The van der Waals surface area contributed by atoms with E-state index in [1.54, 1.807) is 41.1 Å². The summed E-state index contributed by atoms with van der Waals surface area (Å²) < 4.78 is 7.14. The molecule has 0 spiro atoms. The third-order valence-corrected chi connectivity index (χ3v) is 3.99. The van der Waals surface area contributed by atoms with E-state index in [0.717, 1.165) is 11.4 Å². The van der Waals surface area contributed by atoms with Gasteiger partial charge in [0.25, 0.3) is 0 Å². The van der Waals surface area contributed by atoms with Gasteiger partial charge in [-0.3, -0.25) is 4.40 Å². The zero-order chi connectivity index (χ0) is 18.1. The molecule has 0 saturated heterocycles. The highest BCUT2D eigenvalue weighted by molar-refractivity contribution is 5.73. The van der Waals surface area contributed by atoms with Crippen LogP contribution in [0.1, 0.15) is 0 Å². The number of aromatic nitrogens is 2. The fourth-order valence-electron chi connectivity index (χ4n) is 2.64. The number of aromatic hydroxyl groups is 1. The molecule has 3 heterocycles. The molecule has 7 heteroatoms. The molecule has 26 heavy (non-hydrogen) atoms. The van der Waals surface area contributed by atoms with Gasteiger partial charge in [0.15, 0.2) is 28.7 Å². The quantitative estimate of drug-likeness (QED) is 0.539. The van der Waals surface area contributed by atoms with E-state index in [1.807, 2.05) is 43.3 Å². The van der Waals surface area contributed by atoms with Crippen LogP contribution < -0.4 is 4.90 Å². The van der Waals surface area contributed by atoms with Gasteiger partial charge in [0, 0.05) is 26.0 Å². The van der Waals surface area contributed by atoms with Crippen LogP contribution in [0.2, 0.25) is 0 Å². The van der Waals surface area contributed by atoms with Crippen molar-refractivity contribution in [1.82, 2.24) is 9.38 Å². The molecule has 0 saturated carbocycles. The molecule has 0 aliphatic heterocycles. The molecule has 0 radical (unpaired) electrons. The van der Waals surface area contributed by atoms with Crippen molar-refractivity contribution >= 4 is 22.8 Å². The van der Waals surface area contributed by atoms with Crippen molar-refractivity contribution in [1.29, 1.82) is 0 Å². The molecule has 1 aromatic carbocycles. The van der Waals surface area contributed by atoms with Crippen molar-refractivity contribution in [3.8, 4) is 17.2 Å². The first-order valence-corrected chi connectivity index (χ1v) is 8.06. The van der Waals surface area contributed by atoms with Crippen molar-refractivity contribution in [2.24, 2.45) is 10.2 Å². The number of anilines is 1. The van der Waals surface area contributed by atoms with Crippen LogP contribution >= 0.6 is 0 Å². The number of rotatable bonds is 4. The number of imidazole rings is 1. The van der Waals surface area contributed by atoms with Crippen LogP contribution in [0.4, 0.5) is 17.2 Å². The smallest absolute Gasteiger partial charge is 0.190 e. The highest BCUT2D eigenvalue weighted by Crippen LogP contribution is 2.34. The second-order valence-electron chi connectivity index (χ2n) is 5.96. The number of hydrogen-bond donors (Lipinski definition) is 1. The molecule has 1 N–H and O–H groups in total. The Labute approximate surface area is 149 Å². The summed E-state index contributed by atoms with van der Waals surface area (Å²) in [6.45, 7) is 0. The Balaban J connectivity index is 1.80. The number of fused-ring (bicyclic) bond motifs is 1. The lowest BCUT2D eigenvalue weighted by atomic mass is 10.3. The summed E-state index contributed by atoms with van der Waals surface area (Å²) in [5.74, 6) is 1.12. The van der Waals surface area contributed by atoms with E-state index in [1.165, 1.54) is 0 Å². The maximum atomic E-state index is 10.1. The Morgan fingerprint density at radius 1 is 1.04 bits per heavy atom. The predicted octanol–water partition coefficient (Wildman–Crippen LogP) is 4.78. The summed E-state index contributed by atoms with van der Waals surface area (Å²) in [5, 5.41) is 18.8. The molecule has 0 atom stereocenters. The standard InChI is InChI=1S/C19H17N5O2/c1-23(2)14-9-7-13(8-10-14)21-22-19-17(16-6-4-12-26-16)20-18-15(25)5-3-11-24(18)19/h3-12,25H,1-2H3. The van der Waals surface area contributed by atoms with E-state index < -0.39 is 0 Å². The van der Waals surface area contributed by atoms with Crippen LogP contribution in [0, 0.1) is 0 Å². The lowest BCUT2D eigenvalue weighted by molar-refractivity contribution is 0.477. The van der Waals surface area contributed by atoms with Crippen LogP contribution in [-0.2, 0) is 0 Å². The SMILES string of the molecule is CN(C)c1ccc(N=Nc2c(-c3ccco3)nc3c(O)cccn23)cc1. The molecule has 0 fully saturated rings. The minimum Gasteiger partial charge on any atom is -0.504 e. The summed E-state index contributed by atoms with van der Waals surface area (Å²) in [6, 6.07) is 14.6. The average Bonchev–Trinajstić information content (AvgIpc) is 3.28. The van der Waals surface area contributed by atoms with Crippen molar-refractivity contribution in [3.63, 3.8) is 0 Å². The molecule has 3 aromatic heterocycles. The van der Waals surface area contributed by atoms with Gasteiger partial charge >= 0.3 is 0 Å². The van der Waals surface area contributed by atoms with E-state index in [-0.39, 0.29) is 5.75 Å². The lowest BCUT2D eigenvalue weighted by Gasteiger charge is -2.11. The normalized spacial score (nSPS) is 11.5. The van der Waals surface area contributed by atoms with Gasteiger partial charge in [-0.1, -0.05) is 0 Å². The molecule has 0 unspecified atom stereocenters. The molecule has 130 valence electrons. The fraction of sp³-hybridized carbons (Fsp3) is 0.105. The van der Waals surface area contributed by atoms with Crippen LogP contribution in [-0.4, -0.2) is 28.6 Å². The Morgan fingerprint density at radius 2 is 1.85 bits per heavy atom. The topological polar surface area (TPSA) is 78.6 Å². The van der Waals surface area contributed by atoms with Crippen molar-refractivity contribution < 1.29 is 9.52 Å². The number of azo groups is 1. The lowest BCUT2D eigenvalue weighted by Crippen LogP contribution is -2.07. The number of pyridine rings is 1. The zero-order valence-corrected chi connectivity index (χ0v) is 14.4. The summed E-state index contributed by atoms with van der Waals surface area (Å²) in [4.78, 5) is 6.48. The van der Waals surface area contributed by atoms with E-state index in [0.29, 0.717) is 22.9 Å².